The molecule has 0 aliphatic carbocycles. The molecule has 112 valence electrons. The van der Waals surface area contributed by atoms with Crippen LogP contribution in [0.3, 0.4) is 0 Å². The molecule has 3 aromatic rings. The van der Waals surface area contributed by atoms with Crippen molar-refractivity contribution in [1.82, 2.24) is 0 Å². The molecule has 1 nitrogen and oxygen atoms in total. The number of hydrogen-bond donors (Lipinski definition) is 0. The molecule has 0 amide bonds. The molecule has 1 aliphatic heterocycles. The first-order valence-electron chi connectivity index (χ1n) is 7.92. The second kappa shape index (κ2) is 5.77. The van der Waals surface area contributed by atoms with Crippen molar-refractivity contribution in [3.63, 3.8) is 0 Å². The van der Waals surface area contributed by atoms with Crippen LogP contribution in [0.4, 0.5) is 0 Å². The van der Waals surface area contributed by atoms with Gasteiger partial charge in [0.05, 0.1) is 0 Å². The summed E-state index contributed by atoms with van der Waals surface area (Å²) in [4.78, 5) is 0. The molecule has 1 unspecified atom stereocenters. The predicted molar refractivity (Wildman–Crippen MR) is 94.5 cm³/mol. The van der Waals surface area contributed by atoms with Gasteiger partial charge in [-0.3, -0.25) is 0 Å². The molecule has 1 atom stereocenters. The zero-order valence-corrected chi connectivity index (χ0v) is 13.1. The van der Waals surface area contributed by atoms with Gasteiger partial charge in [0.15, 0.2) is 0 Å². The van der Waals surface area contributed by atoms with Crippen LogP contribution in [0, 0.1) is 6.92 Å². The molecule has 0 saturated carbocycles. The van der Waals surface area contributed by atoms with E-state index in [1.54, 1.807) is 0 Å². The molecule has 23 heavy (non-hydrogen) atoms. The number of para-hydroxylation sites is 1. The van der Waals surface area contributed by atoms with E-state index in [9.17, 15) is 0 Å². The minimum Gasteiger partial charge on any atom is -0.457 e. The standard InChI is InChI=1S/C22H18O/c1-16-8-7-11-18(14-16)22-15-20(17-9-3-2-4-10-17)19-12-5-6-13-21(19)23-22/h2-15,20H,1H3. The van der Waals surface area contributed by atoms with Gasteiger partial charge in [-0.1, -0.05) is 72.3 Å². The van der Waals surface area contributed by atoms with E-state index in [1.165, 1.54) is 16.7 Å². The topological polar surface area (TPSA) is 9.23 Å². The van der Waals surface area contributed by atoms with Gasteiger partial charge in [-0.05, 0) is 30.7 Å². The van der Waals surface area contributed by atoms with Crippen LogP contribution in [-0.2, 0) is 0 Å². The van der Waals surface area contributed by atoms with E-state index in [4.69, 9.17) is 4.74 Å². The molecule has 1 heteroatoms. The van der Waals surface area contributed by atoms with E-state index in [2.05, 4.69) is 79.7 Å². The first-order valence-corrected chi connectivity index (χ1v) is 7.92. The van der Waals surface area contributed by atoms with E-state index in [-0.39, 0.29) is 5.92 Å². The lowest BCUT2D eigenvalue weighted by Crippen LogP contribution is -2.10. The Morgan fingerprint density at radius 2 is 1.57 bits per heavy atom. The van der Waals surface area contributed by atoms with Gasteiger partial charge in [0, 0.05) is 17.0 Å². The Labute approximate surface area is 136 Å². The molecular weight excluding hydrogens is 280 g/mol. The lowest BCUT2D eigenvalue weighted by molar-refractivity contribution is 0.492. The Kier molecular flexibility index (Phi) is 3.47. The molecule has 0 N–H and O–H groups in total. The lowest BCUT2D eigenvalue weighted by Gasteiger charge is -2.25. The first-order chi connectivity index (χ1) is 11.3. The number of rotatable bonds is 2. The number of allylic oxidation sites excluding steroid dienone is 1. The zero-order chi connectivity index (χ0) is 15.6. The van der Waals surface area contributed by atoms with Crippen LogP contribution >= 0.6 is 0 Å². The van der Waals surface area contributed by atoms with Gasteiger partial charge in [0.25, 0.3) is 0 Å². The van der Waals surface area contributed by atoms with Crippen LogP contribution < -0.4 is 4.74 Å². The zero-order valence-electron chi connectivity index (χ0n) is 13.1. The van der Waals surface area contributed by atoms with Crippen molar-refractivity contribution in [2.45, 2.75) is 12.8 Å². The molecule has 0 saturated heterocycles. The molecule has 0 spiro atoms. The van der Waals surface area contributed by atoms with Gasteiger partial charge in [-0.25, -0.2) is 0 Å². The lowest BCUT2D eigenvalue weighted by atomic mass is 9.88. The van der Waals surface area contributed by atoms with Gasteiger partial charge in [0.1, 0.15) is 11.5 Å². The fourth-order valence-electron chi connectivity index (χ4n) is 3.11. The van der Waals surface area contributed by atoms with Crippen molar-refractivity contribution in [2.24, 2.45) is 0 Å². The highest BCUT2D eigenvalue weighted by atomic mass is 16.5. The fourth-order valence-corrected chi connectivity index (χ4v) is 3.11. The average Bonchev–Trinajstić information content (AvgIpc) is 2.61. The van der Waals surface area contributed by atoms with Crippen LogP contribution in [0.25, 0.3) is 5.76 Å². The minimum atomic E-state index is 0.219. The molecular formula is C22H18O. The fraction of sp³-hybridized carbons (Fsp3) is 0.0909. The number of fused-ring (bicyclic) bond motifs is 1. The highest BCUT2D eigenvalue weighted by Gasteiger charge is 2.23. The highest BCUT2D eigenvalue weighted by molar-refractivity contribution is 5.68. The van der Waals surface area contributed by atoms with Crippen molar-refractivity contribution < 1.29 is 4.74 Å². The summed E-state index contributed by atoms with van der Waals surface area (Å²) in [6, 6.07) is 27.3. The summed E-state index contributed by atoms with van der Waals surface area (Å²) in [5, 5.41) is 0. The highest BCUT2D eigenvalue weighted by Crippen LogP contribution is 2.40. The molecule has 1 heterocycles. The van der Waals surface area contributed by atoms with Crippen LogP contribution in [0.2, 0.25) is 0 Å². The maximum atomic E-state index is 6.19. The minimum absolute atomic E-state index is 0.219. The number of benzene rings is 3. The maximum Gasteiger partial charge on any atom is 0.131 e. The smallest absolute Gasteiger partial charge is 0.131 e. The predicted octanol–water partition coefficient (Wildman–Crippen LogP) is 5.56. The summed E-state index contributed by atoms with van der Waals surface area (Å²) in [7, 11) is 0. The number of ether oxygens (including phenoxy) is 1. The molecule has 3 aromatic carbocycles. The number of hydrogen-bond acceptors (Lipinski definition) is 1. The van der Waals surface area contributed by atoms with E-state index in [1.807, 2.05) is 12.1 Å². The summed E-state index contributed by atoms with van der Waals surface area (Å²) < 4.78 is 6.19. The van der Waals surface area contributed by atoms with E-state index >= 15 is 0 Å². The average molecular weight is 298 g/mol. The van der Waals surface area contributed by atoms with Crippen LogP contribution in [-0.4, -0.2) is 0 Å². The van der Waals surface area contributed by atoms with Crippen molar-refractivity contribution in [3.8, 4) is 5.75 Å². The second-order valence-electron chi connectivity index (χ2n) is 5.93. The Hall–Kier alpha value is -2.80. The summed E-state index contributed by atoms with van der Waals surface area (Å²) in [5.41, 5.74) is 4.87. The largest absolute Gasteiger partial charge is 0.457 e. The molecule has 4 rings (SSSR count). The van der Waals surface area contributed by atoms with Gasteiger partial charge in [-0.2, -0.15) is 0 Å². The van der Waals surface area contributed by atoms with E-state index in [0.29, 0.717) is 0 Å². The van der Waals surface area contributed by atoms with Gasteiger partial charge in [-0.15, -0.1) is 0 Å². The second-order valence-corrected chi connectivity index (χ2v) is 5.93. The Bertz CT molecular complexity index is 862. The van der Waals surface area contributed by atoms with E-state index in [0.717, 1.165) is 17.1 Å². The Morgan fingerprint density at radius 3 is 2.39 bits per heavy atom. The molecule has 1 aliphatic rings. The summed E-state index contributed by atoms with van der Waals surface area (Å²) >= 11 is 0. The normalized spacial score (nSPS) is 16.2. The van der Waals surface area contributed by atoms with Crippen molar-refractivity contribution in [3.05, 3.63) is 107 Å². The van der Waals surface area contributed by atoms with Gasteiger partial charge >= 0.3 is 0 Å². The molecule has 0 radical (unpaired) electrons. The summed E-state index contributed by atoms with van der Waals surface area (Å²) in [5.74, 6) is 2.10. The van der Waals surface area contributed by atoms with E-state index < -0.39 is 0 Å². The third-order valence-electron chi connectivity index (χ3n) is 4.25. The molecule has 0 aromatic heterocycles. The molecule has 0 fully saturated rings. The third-order valence-corrected chi connectivity index (χ3v) is 4.25. The quantitative estimate of drug-likeness (QED) is 0.602. The third kappa shape index (κ3) is 2.66. The Morgan fingerprint density at radius 1 is 0.783 bits per heavy atom. The van der Waals surface area contributed by atoms with Crippen LogP contribution in [0.5, 0.6) is 5.75 Å². The molecule has 0 bridgehead atoms. The van der Waals surface area contributed by atoms with Crippen LogP contribution in [0.1, 0.15) is 28.2 Å². The van der Waals surface area contributed by atoms with Crippen LogP contribution in [0.15, 0.2) is 84.9 Å². The Balaban J connectivity index is 1.85. The SMILES string of the molecule is Cc1cccc(C2=CC(c3ccccc3)c3ccccc3O2)c1. The van der Waals surface area contributed by atoms with Crippen molar-refractivity contribution >= 4 is 5.76 Å². The first kappa shape index (κ1) is 13.8. The van der Waals surface area contributed by atoms with Gasteiger partial charge < -0.3 is 4.74 Å². The van der Waals surface area contributed by atoms with Gasteiger partial charge in [0.2, 0.25) is 0 Å². The van der Waals surface area contributed by atoms with Crippen molar-refractivity contribution in [2.75, 3.05) is 0 Å². The number of aryl methyl sites for hydroxylation is 1. The monoisotopic (exact) mass is 298 g/mol. The summed E-state index contributed by atoms with van der Waals surface area (Å²) in [6.07, 6.45) is 2.23. The maximum absolute atomic E-state index is 6.19. The summed E-state index contributed by atoms with van der Waals surface area (Å²) in [6.45, 7) is 2.11. The van der Waals surface area contributed by atoms with Crippen molar-refractivity contribution in [1.29, 1.82) is 0 Å².